The van der Waals surface area contributed by atoms with Crippen molar-refractivity contribution < 1.29 is 23.7 Å². The molecule has 0 spiro atoms. The Morgan fingerprint density at radius 2 is 1.88 bits per heavy atom. The van der Waals surface area contributed by atoms with Gasteiger partial charge in [-0.15, -0.1) is 0 Å². The largest absolute Gasteiger partial charge is 0.493 e. The zero-order valence-corrected chi connectivity index (χ0v) is 18.3. The van der Waals surface area contributed by atoms with Crippen LogP contribution in [-0.2, 0) is 11.3 Å². The van der Waals surface area contributed by atoms with Gasteiger partial charge in [-0.25, -0.2) is 0 Å². The second kappa shape index (κ2) is 9.61. The summed E-state index contributed by atoms with van der Waals surface area (Å²) in [5.41, 5.74) is 2.56. The number of anilines is 1. The van der Waals surface area contributed by atoms with E-state index in [1.807, 2.05) is 41.3 Å². The van der Waals surface area contributed by atoms with Gasteiger partial charge in [-0.05, 0) is 18.2 Å². The van der Waals surface area contributed by atoms with Crippen LogP contribution in [0.25, 0.3) is 11.3 Å². The van der Waals surface area contributed by atoms with Crippen LogP contribution in [0.4, 0.5) is 5.82 Å². The van der Waals surface area contributed by atoms with E-state index in [0.717, 1.165) is 16.9 Å². The van der Waals surface area contributed by atoms with Gasteiger partial charge in [-0.1, -0.05) is 18.2 Å². The first-order valence-corrected chi connectivity index (χ1v) is 10.2. The molecule has 0 unspecified atom stereocenters. The van der Waals surface area contributed by atoms with Gasteiger partial charge in [-0.2, -0.15) is 5.10 Å². The zero-order chi connectivity index (χ0) is 22.5. The molecule has 168 valence electrons. The maximum atomic E-state index is 12.6. The molecule has 1 aliphatic heterocycles. The van der Waals surface area contributed by atoms with Gasteiger partial charge in [0.05, 0.1) is 33.6 Å². The van der Waals surface area contributed by atoms with Crippen LogP contribution in [0.2, 0.25) is 0 Å². The van der Waals surface area contributed by atoms with Crippen LogP contribution >= 0.6 is 0 Å². The van der Waals surface area contributed by atoms with Gasteiger partial charge in [0.25, 0.3) is 0 Å². The van der Waals surface area contributed by atoms with E-state index in [1.165, 1.54) is 0 Å². The molecule has 0 radical (unpaired) electrons. The third kappa shape index (κ3) is 4.62. The Hall–Kier alpha value is -3.72. The number of hydrogen-bond donors (Lipinski definition) is 2. The Labute approximate surface area is 186 Å². The number of amides is 1. The molecule has 9 heteroatoms. The lowest BCUT2D eigenvalue weighted by Gasteiger charge is -2.18. The van der Waals surface area contributed by atoms with Crippen LogP contribution in [0, 0.1) is 0 Å². The van der Waals surface area contributed by atoms with Crippen molar-refractivity contribution in [1.29, 1.82) is 0 Å². The molecule has 32 heavy (non-hydrogen) atoms. The van der Waals surface area contributed by atoms with Crippen molar-refractivity contribution in [3.05, 3.63) is 48.0 Å². The predicted octanol–water partition coefficient (Wildman–Crippen LogP) is 2.94. The van der Waals surface area contributed by atoms with Gasteiger partial charge in [0.2, 0.25) is 11.7 Å². The first-order chi connectivity index (χ1) is 15.6. The molecule has 1 amide bonds. The number of ether oxygens (including phenoxy) is 4. The van der Waals surface area contributed by atoms with Crippen molar-refractivity contribution in [2.75, 3.05) is 46.3 Å². The summed E-state index contributed by atoms with van der Waals surface area (Å²) in [6.45, 7) is 2.10. The van der Waals surface area contributed by atoms with Crippen molar-refractivity contribution >= 4 is 11.7 Å². The maximum Gasteiger partial charge on any atom is 0.239 e. The zero-order valence-electron chi connectivity index (χ0n) is 18.3. The van der Waals surface area contributed by atoms with Crippen molar-refractivity contribution in [2.24, 2.45) is 0 Å². The Morgan fingerprint density at radius 1 is 1.12 bits per heavy atom. The summed E-state index contributed by atoms with van der Waals surface area (Å²) in [4.78, 5) is 14.7. The van der Waals surface area contributed by atoms with Crippen LogP contribution in [0.15, 0.2) is 42.5 Å². The maximum absolute atomic E-state index is 12.6. The summed E-state index contributed by atoms with van der Waals surface area (Å²) in [7, 11) is 4.68. The summed E-state index contributed by atoms with van der Waals surface area (Å²) < 4.78 is 21.9. The number of methoxy groups -OCH3 is 3. The Morgan fingerprint density at radius 3 is 2.59 bits per heavy atom. The van der Waals surface area contributed by atoms with Crippen molar-refractivity contribution in [3.8, 4) is 34.3 Å². The molecule has 2 heterocycles. The molecular formula is C23H26N4O5. The molecule has 1 aliphatic rings. The molecule has 0 aliphatic carbocycles. The molecule has 3 aromatic rings. The van der Waals surface area contributed by atoms with Crippen LogP contribution < -0.4 is 24.3 Å². The summed E-state index contributed by atoms with van der Waals surface area (Å²) >= 11 is 0. The van der Waals surface area contributed by atoms with Gasteiger partial charge in [0.1, 0.15) is 12.4 Å². The first-order valence-electron chi connectivity index (χ1n) is 10.2. The molecule has 2 N–H and O–H groups in total. The number of fused-ring (bicyclic) bond motifs is 1. The average Bonchev–Trinajstić information content (AvgIpc) is 3.17. The lowest BCUT2D eigenvalue weighted by molar-refractivity contribution is -0.117. The predicted molar refractivity (Wildman–Crippen MR) is 120 cm³/mol. The van der Waals surface area contributed by atoms with E-state index in [0.29, 0.717) is 48.5 Å². The van der Waals surface area contributed by atoms with Crippen LogP contribution in [-0.4, -0.2) is 62.0 Å². The van der Waals surface area contributed by atoms with E-state index in [-0.39, 0.29) is 12.5 Å². The molecule has 0 bridgehead atoms. The number of benzene rings is 2. The van der Waals surface area contributed by atoms with E-state index in [2.05, 4.69) is 15.5 Å². The molecular weight excluding hydrogens is 412 g/mol. The van der Waals surface area contributed by atoms with Gasteiger partial charge >= 0.3 is 0 Å². The molecule has 2 aromatic carbocycles. The fraction of sp³-hybridized carbons (Fsp3) is 0.304. The van der Waals surface area contributed by atoms with Gasteiger partial charge in [-0.3, -0.25) is 14.8 Å². The second-order valence-corrected chi connectivity index (χ2v) is 7.30. The molecule has 0 saturated heterocycles. The van der Waals surface area contributed by atoms with Gasteiger partial charge in [0, 0.05) is 30.3 Å². The number of para-hydroxylation sites is 1. The molecule has 0 atom stereocenters. The van der Waals surface area contributed by atoms with E-state index in [9.17, 15) is 4.79 Å². The number of carbonyl (C=O) groups is 1. The Balaban J connectivity index is 1.44. The van der Waals surface area contributed by atoms with Crippen LogP contribution in [0.1, 0.15) is 5.56 Å². The number of carbonyl (C=O) groups excluding carboxylic acids is 1. The monoisotopic (exact) mass is 438 g/mol. The standard InChI is InChI=1S/C23H26N4O5/c1-29-19-10-16(11-20(30-2)23(19)31-3)17-12-21(26-25-17)24-22(28)14-27-8-9-32-18-7-5-4-6-15(18)13-27/h4-7,10-12H,8-9,13-14H2,1-3H3,(H2,24,25,26,28). The van der Waals surface area contributed by atoms with E-state index in [4.69, 9.17) is 18.9 Å². The minimum absolute atomic E-state index is 0.146. The molecule has 9 nitrogen and oxygen atoms in total. The lowest BCUT2D eigenvalue weighted by Crippen LogP contribution is -2.34. The van der Waals surface area contributed by atoms with Gasteiger partial charge in [0.15, 0.2) is 17.3 Å². The smallest absolute Gasteiger partial charge is 0.239 e. The Bertz CT molecular complexity index is 1070. The fourth-order valence-corrected chi connectivity index (χ4v) is 3.67. The fourth-order valence-electron chi connectivity index (χ4n) is 3.67. The summed E-state index contributed by atoms with van der Waals surface area (Å²) in [6.07, 6.45) is 0. The van der Waals surface area contributed by atoms with Crippen LogP contribution in [0.3, 0.4) is 0 Å². The number of nitrogens with zero attached hydrogens (tertiary/aromatic N) is 2. The second-order valence-electron chi connectivity index (χ2n) is 7.30. The van der Waals surface area contributed by atoms with Crippen molar-refractivity contribution in [1.82, 2.24) is 15.1 Å². The van der Waals surface area contributed by atoms with Crippen molar-refractivity contribution in [2.45, 2.75) is 6.54 Å². The highest BCUT2D eigenvalue weighted by Gasteiger charge is 2.19. The summed E-state index contributed by atoms with van der Waals surface area (Å²) in [5, 5.41) is 10.0. The first kappa shape index (κ1) is 21.5. The third-order valence-corrected chi connectivity index (χ3v) is 5.22. The SMILES string of the molecule is COc1cc(-c2cc(NC(=O)CN3CCOc4ccccc4C3)n[nH]2)cc(OC)c1OC. The quantitative estimate of drug-likeness (QED) is 0.585. The minimum Gasteiger partial charge on any atom is -0.493 e. The number of rotatable bonds is 7. The van der Waals surface area contributed by atoms with E-state index in [1.54, 1.807) is 27.4 Å². The highest BCUT2D eigenvalue weighted by Crippen LogP contribution is 2.41. The highest BCUT2D eigenvalue weighted by molar-refractivity contribution is 5.92. The van der Waals surface area contributed by atoms with E-state index >= 15 is 0 Å². The summed E-state index contributed by atoms with van der Waals surface area (Å²) in [5.74, 6) is 2.74. The molecule has 4 rings (SSSR count). The van der Waals surface area contributed by atoms with E-state index < -0.39 is 0 Å². The minimum atomic E-state index is -0.146. The molecule has 1 aromatic heterocycles. The molecule has 0 fully saturated rings. The lowest BCUT2D eigenvalue weighted by atomic mass is 10.1. The summed E-state index contributed by atoms with van der Waals surface area (Å²) in [6, 6.07) is 13.3. The van der Waals surface area contributed by atoms with Crippen LogP contribution in [0.5, 0.6) is 23.0 Å². The number of H-pyrrole nitrogens is 1. The number of aromatic amines is 1. The topological polar surface area (TPSA) is 97.9 Å². The normalized spacial score (nSPS) is 13.5. The average molecular weight is 438 g/mol. The van der Waals surface area contributed by atoms with Crippen molar-refractivity contribution in [3.63, 3.8) is 0 Å². The number of hydrogen-bond acceptors (Lipinski definition) is 7. The van der Waals surface area contributed by atoms with Gasteiger partial charge < -0.3 is 24.3 Å². The molecule has 0 saturated carbocycles. The Kier molecular flexibility index (Phi) is 6.46. The highest BCUT2D eigenvalue weighted by atomic mass is 16.5. The third-order valence-electron chi connectivity index (χ3n) is 5.22. The number of aromatic nitrogens is 2. The number of nitrogens with one attached hydrogen (secondary N) is 2.